The zero-order valence-corrected chi connectivity index (χ0v) is 11.9. The fourth-order valence-corrected chi connectivity index (χ4v) is 3.00. The summed E-state index contributed by atoms with van der Waals surface area (Å²) in [6.45, 7) is 13.9. The molecule has 19 heavy (non-hydrogen) atoms. The molecule has 2 rings (SSSR count). The maximum Gasteiger partial charge on any atom is 0.240 e. The fourth-order valence-electron chi connectivity index (χ4n) is 3.00. The van der Waals surface area contributed by atoms with Gasteiger partial charge in [0.05, 0.1) is 11.4 Å². The molecule has 0 radical (unpaired) electrons. The summed E-state index contributed by atoms with van der Waals surface area (Å²) in [6.07, 6.45) is 0.876. The molecular formula is C15H19N3O. The van der Waals surface area contributed by atoms with E-state index in [0.29, 0.717) is 6.54 Å². The number of carbonyl (C=O) groups excluding carboxylic acids is 1. The first-order valence-electron chi connectivity index (χ1n) is 6.46. The standard InChI is InChI=1S/C15H19N3O/c1-9-12-6-7-18(11(3)19)15(12)14(17-5)10(2)13(9)8-16-4/h17H,6-8H2,1-3,5H3. The summed E-state index contributed by atoms with van der Waals surface area (Å²) in [5, 5.41) is 3.21. The van der Waals surface area contributed by atoms with Gasteiger partial charge in [-0.3, -0.25) is 4.79 Å². The van der Waals surface area contributed by atoms with Crippen LogP contribution in [0.4, 0.5) is 11.4 Å². The molecule has 1 aliphatic heterocycles. The maximum atomic E-state index is 11.8. The fraction of sp³-hybridized carbons (Fsp3) is 0.467. The molecule has 1 aromatic rings. The van der Waals surface area contributed by atoms with E-state index in [1.54, 1.807) is 6.92 Å². The van der Waals surface area contributed by atoms with Gasteiger partial charge in [-0.1, -0.05) is 0 Å². The minimum Gasteiger partial charge on any atom is -0.386 e. The highest BCUT2D eigenvalue weighted by Gasteiger charge is 2.30. The molecule has 0 bridgehead atoms. The third kappa shape index (κ3) is 1.95. The van der Waals surface area contributed by atoms with Crippen molar-refractivity contribution in [2.75, 3.05) is 23.8 Å². The van der Waals surface area contributed by atoms with Crippen LogP contribution in [-0.4, -0.2) is 19.5 Å². The molecule has 1 N–H and O–H groups in total. The summed E-state index contributed by atoms with van der Waals surface area (Å²) < 4.78 is 0. The first kappa shape index (κ1) is 13.4. The molecule has 1 aliphatic rings. The number of nitrogens with one attached hydrogen (secondary N) is 1. The van der Waals surface area contributed by atoms with Gasteiger partial charge in [0, 0.05) is 26.1 Å². The first-order chi connectivity index (χ1) is 9.02. The molecule has 0 fully saturated rings. The van der Waals surface area contributed by atoms with Gasteiger partial charge >= 0.3 is 0 Å². The van der Waals surface area contributed by atoms with Gasteiger partial charge in [0.2, 0.25) is 12.5 Å². The number of anilines is 2. The molecule has 0 unspecified atom stereocenters. The number of carbonyl (C=O) groups is 1. The highest BCUT2D eigenvalue weighted by Crippen LogP contribution is 2.42. The van der Waals surface area contributed by atoms with Crippen LogP contribution in [0, 0.1) is 20.4 Å². The van der Waals surface area contributed by atoms with Crippen molar-refractivity contribution < 1.29 is 4.79 Å². The molecule has 4 nitrogen and oxygen atoms in total. The van der Waals surface area contributed by atoms with E-state index in [9.17, 15) is 4.79 Å². The van der Waals surface area contributed by atoms with Crippen LogP contribution >= 0.6 is 0 Å². The number of rotatable bonds is 2. The Morgan fingerprint density at radius 1 is 1.42 bits per heavy atom. The van der Waals surface area contributed by atoms with Crippen LogP contribution in [0.3, 0.4) is 0 Å². The third-order valence-corrected chi connectivity index (χ3v) is 3.98. The van der Waals surface area contributed by atoms with Gasteiger partial charge in [-0.2, -0.15) is 0 Å². The molecule has 0 spiro atoms. The highest BCUT2D eigenvalue weighted by atomic mass is 16.2. The van der Waals surface area contributed by atoms with Crippen molar-refractivity contribution in [2.24, 2.45) is 0 Å². The Morgan fingerprint density at radius 3 is 2.63 bits per heavy atom. The van der Waals surface area contributed by atoms with Crippen molar-refractivity contribution in [2.45, 2.75) is 33.7 Å². The normalized spacial score (nSPS) is 13.1. The number of hydrogen-bond donors (Lipinski definition) is 1. The third-order valence-electron chi connectivity index (χ3n) is 3.98. The average Bonchev–Trinajstić information content (AvgIpc) is 2.80. The van der Waals surface area contributed by atoms with Crippen LogP contribution in [0.15, 0.2) is 0 Å². The second-order valence-electron chi connectivity index (χ2n) is 4.92. The highest BCUT2D eigenvalue weighted by molar-refractivity contribution is 5.99. The van der Waals surface area contributed by atoms with Gasteiger partial charge in [-0.25, -0.2) is 6.57 Å². The van der Waals surface area contributed by atoms with Crippen LogP contribution in [0.25, 0.3) is 4.85 Å². The molecule has 0 saturated carbocycles. The van der Waals surface area contributed by atoms with Crippen LogP contribution in [0.5, 0.6) is 0 Å². The summed E-state index contributed by atoms with van der Waals surface area (Å²) in [7, 11) is 1.87. The number of amides is 1. The predicted octanol–water partition coefficient (Wildman–Crippen LogP) is 2.67. The molecule has 4 heteroatoms. The van der Waals surface area contributed by atoms with E-state index < -0.39 is 0 Å². The van der Waals surface area contributed by atoms with Crippen molar-refractivity contribution in [3.8, 4) is 0 Å². The summed E-state index contributed by atoms with van der Waals surface area (Å²) in [4.78, 5) is 17.1. The Kier molecular flexibility index (Phi) is 3.48. The average molecular weight is 257 g/mol. The van der Waals surface area contributed by atoms with Crippen molar-refractivity contribution in [1.82, 2.24) is 0 Å². The Hall–Kier alpha value is -2.02. The summed E-state index contributed by atoms with van der Waals surface area (Å²) >= 11 is 0. The van der Waals surface area contributed by atoms with Crippen LogP contribution in [0.2, 0.25) is 0 Å². The number of nitrogens with zero attached hydrogens (tertiary/aromatic N) is 2. The lowest BCUT2D eigenvalue weighted by Gasteiger charge is -2.22. The van der Waals surface area contributed by atoms with Crippen molar-refractivity contribution in [3.63, 3.8) is 0 Å². The predicted molar refractivity (Wildman–Crippen MR) is 77.5 cm³/mol. The van der Waals surface area contributed by atoms with Gasteiger partial charge < -0.3 is 15.1 Å². The van der Waals surface area contributed by atoms with E-state index in [1.807, 2.05) is 18.9 Å². The van der Waals surface area contributed by atoms with Crippen LogP contribution < -0.4 is 10.2 Å². The minimum absolute atomic E-state index is 0.0759. The van der Waals surface area contributed by atoms with E-state index in [2.05, 4.69) is 17.1 Å². The Balaban J connectivity index is 2.73. The molecule has 100 valence electrons. The molecule has 1 heterocycles. The number of benzene rings is 1. The van der Waals surface area contributed by atoms with Gasteiger partial charge in [-0.05, 0) is 37.0 Å². The van der Waals surface area contributed by atoms with E-state index in [4.69, 9.17) is 6.57 Å². The van der Waals surface area contributed by atoms with Crippen molar-refractivity contribution in [1.29, 1.82) is 0 Å². The molecular weight excluding hydrogens is 238 g/mol. The largest absolute Gasteiger partial charge is 0.386 e. The van der Waals surface area contributed by atoms with Crippen LogP contribution in [-0.2, 0) is 17.8 Å². The van der Waals surface area contributed by atoms with Gasteiger partial charge in [0.15, 0.2) is 0 Å². The molecule has 0 saturated heterocycles. The lowest BCUT2D eigenvalue weighted by molar-refractivity contribution is -0.116. The molecule has 0 aromatic heterocycles. The zero-order chi connectivity index (χ0) is 14.2. The molecule has 1 aromatic carbocycles. The summed E-state index contributed by atoms with van der Waals surface area (Å²) in [5.41, 5.74) is 6.58. The van der Waals surface area contributed by atoms with Gasteiger partial charge in [0.25, 0.3) is 0 Å². The lowest BCUT2D eigenvalue weighted by atomic mass is 9.93. The topological polar surface area (TPSA) is 36.7 Å². The molecule has 0 aliphatic carbocycles. The van der Waals surface area contributed by atoms with Gasteiger partial charge in [-0.15, -0.1) is 0 Å². The van der Waals surface area contributed by atoms with Crippen LogP contribution in [0.1, 0.15) is 29.2 Å². The van der Waals surface area contributed by atoms with E-state index in [-0.39, 0.29) is 5.91 Å². The quantitative estimate of drug-likeness (QED) is 0.827. The second-order valence-corrected chi connectivity index (χ2v) is 4.92. The monoisotopic (exact) mass is 257 g/mol. The first-order valence-corrected chi connectivity index (χ1v) is 6.46. The summed E-state index contributed by atoms with van der Waals surface area (Å²) in [5.74, 6) is 0.0759. The number of hydrogen-bond acceptors (Lipinski definition) is 2. The number of fused-ring (bicyclic) bond motifs is 1. The Morgan fingerprint density at radius 2 is 2.11 bits per heavy atom. The second kappa shape index (κ2) is 4.93. The Labute approximate surface area is 114 Å². The lowest BCUT2D eigenvalue weighted by Crippen LogP contribution is -2.26. The molecule has 1 amide bonds. The van der Waals surface area contributed by atoms with E-state index in [1.165, 1.54) is 11.1 Å². The zero-order valence-electron chi connectivity index (χ0n) is 11.9. The molecule has 0 atom stereocenters. The van der Waals surface area contributed by atoms with Crippen molar-refractivity contribution >= 4 is 17.3 Å². The minimum atomic E-state index is 0.0759. The SMILES string of the molecule is [C-]#[N+]Cc1c(C)c2c(c(NC)c1C)N(C(C)=O)CC2. The maximum absolute atomic E-state index is 11.8. The summed E-state index contributed by atoms with van der Waals surface area (Å²) in [6, 6.07) is 0. The van der Waals surface area contributed by atoms with Crippen molar-refractivity contribution in [3.05, 3.63) is 33.7 Å². The smallest absolute Gasteiger partial charge is 0.240 e. The van der Waals surface area contributed by atoms with Gasteiger partial charge in [0.1, 0.15) is 0 Å². The van der Waals surface area contributed by atoms with E-state index >= 15 is 0 Å². The Bertz CT molecular complexity index is 584. The van der Waals surface area contributed by atoms with E-state index in [0.717, 1.165) is 35.5 Å².